The van der Waals surface area contributed by atoms with E-state index in [1.54, 1.807) is 6.92 Å². The van der Waals surface area contributed by atoms with Gasteiger partial charge in [-0.2, -0.15) is 0 Å². The van der Waals surface area contributed by atoms with Crippen LogP contribution in [0.2, 0.25) is 0 Å². The molecule has 0 heterocycles. The van der Waals surface area contributed by atoms with E-state index in [1.807, 2.05) is 0 Å². The lowest BCUT2D eigenvalue weighted by Gasteiger charge is -2.17. The minimum Gasteiger partial charge on any atom is -0.342 e. The van der Waals surface area contributed by atoms with Crippen molar-refractivity contribution in [2.75, 3.05) is 0 Å². The fraction of sp³-hybridized carbons (Fsp3) is 1.00. The fourth-order valence-electron chi connectivity index (χ4n) is 0.274. The van der Waals surface area contributed by atoms with Crippen molar-refractivity contribution in [3.05, 3.63) is 0 Å². The van der Waals surface area contributed by atoms with Crippen molar-refractivity contribution in [2.24, 2.45) is 0 Å². The first-order valence-corrected chi connectivity index (χ1v) is 2.73. The van der Waals surface area contributed by atoms with Gasteiger partial charge in [-0.15, -0.1) is 11.6 Å². The molecule has 0 spiro atoms. The predicted molar refractivity (Wildman–Crippen MR) is 29.3 cm³/mol. The average molecular weight is 141 g/mol. The van der Waals surface area contributed by atoms with E-state index in [-0.39, 0.29) is 0 Å². The second kappa shape index (κ2) is 2.64. The Morgan fingerprint density at radius 2 is 1.88 bits per heavy atom. The van der Waals surface area contributed by atoms with Gasteiger partial charge in [0.05, 0.1) is 0 Å². The molecule has 0 radical (unpaired) electrons. The molecule has 3 nitrogen and oxygen atoms in total. The minimum atomic E-state index is -2.73. The zero-order valence-electron chi connectivity index (χ0n) is 4.50. The monoisotopic (exact) mass is 140 g/mol. The Morgan fingerprint density at radius 1 is 1.50 bits per heavy atom. The predicted octanol–water partition coefficient (Wildman–Crippen LogP) is -0.366. The standard InChI is InChI=1S/C4H9ClO3/c1-2-3(5)4(6,7)8/h3,6-8H,2H2,1H3. The number of halogens is 1. The summed E-state index contributed by atoms with van der Waals surface area (Å²) < 4.78 is 0. The summed E-state index contributed by atoms with van der Waals surface area (Å²) in [4.78, 5) is 0. The highest BCUT2D eigenvalue weighted by atomic mass is 35.5. The van der Waals surface area contributed by atoms with Gasteiger partial charge in [0, 0.05) is 0 Å². The van der Waals surface area contributed by atoms with Crippen LogP contribution in [0.5, 0.6) is 0 Å². The highest BCUT2D eigenvalue weighted by Gasteiger charge is 2.27. The van der Waals surface area contributed by atoms with Gasteiger partial charge in [0.15, 0.2) is 0 Å². The molecule has 0 aliphatic heterocycles. The lowest BCUT2D eigenvalue weighted by Crippen LogP contribution is -2.37. The summed E-state index contributed by atoms with van der Waals surface area (Å²) in [5.41, 5.74) is 0. The average Bonchev–Trinajstić information content (AvgIpc) is 1.62. The largest absolute Gasteiger partial charge is 0.342 e. The lowest BCUT2D eigenvalue weighted by atomic mass is 10.3. The molecule has 0 bridgehead atoms. The van der Waals surface area contributed by atoms with Crippen LogP contribution in [0.1, 0.15) is 13.3 Å². The third-order valence-electron chi connectivity index (χ3n) is 0.779. The van der Waals surface area contributed by atoms with Gasteiger partial charge in [-0.3, -0.25) is 0 Å². The van der Waals surface area contributed by atoms with Crippen molar-refractivity contribution in [3.8, 4) is 0 Å². The van der Waals surface area contributed by atoms with Gasteiger partial charge in [0.2, 0.25) is 0 Å². The molecule has 4 heteroatoms. The molecule has 0 amide bonds. The third-order valence-corrected chi connectivity index (χ3v) is 1.38. The quantitative estimate of drug-likeness (QED) is 0.363. The van der Waals surface area contributed by atoms with E-state index in [0.717, 1.165) is 0 Å². The Morgan fingerprint density at radius 3 is 1.88 bits per heavy atom. The van der Waals surface area contributed by atoms with Gasteiger partial charge in [-0.05, 0) is 6.42 Å². The Bertz CT molecular complexity index is 68.2. The first-order valence-electron chi connectivity index (χ1n) is 2.29. The molecule has 0 aliphatic rings. The van der Waals surface area contributed by atoms with Gasteiger partial charge < -0.3 is 15.3 Å². The van der Waals surface area contributed by atoms with Crippen LogP contribution in [-0.2, 0) is 0 Å². The second-order valence-corrected chi connectivity index (χ2v) is 2.09. The van der Waals surface area contributed by atoms with E-state index in [1.165, 1.54) is 0 Å². The molecule has 0 saturated carbocycles. The van der Waals surface area contributed by atoms with Crippen molar-refractivity contribution in [1.29, 1.82) is 0 Å². The van der Waals surface area contributed by atoms with Crippen LogP contribution in [0.15, 0.2) is 0 Å². The molecule has 1 atom stereocenters. The van der Waals surface area contributed by atoms with Gasteiger partial charge in [0.25, 0.3) is 5.97 Å². The molecule has 0 aromatic rings. The molecule has 50 valence electrons. The number of hydrogen-bond acceptors (Lipinski definition) is 3. The summed E-state index contributed by atoms with van der Waals surface area (Å²) in [6.45, 7) is 1.63. The molecule has 0 aromatic heterocycles. The van der Waals surface area contributed by atoms with E-state index < -0.39 is 11.4 Å². The van der Waals surface area contributed by atoms with E-state index in [9.17, 15) is 0 Å². The van der Waals surface area contributed by atoms with Gasteiger partial charge in [-0.25, -0.2) is 0 Å². The molecular weight excluding hydrogens is 131 g/mol. The summed E-state index contributed by atoms with van der Waals surface area (Å²) in [7, 11) is 0. The van der Waals surface area contributed by atoms with Crippen LogP contribution in [0, 0.1) is 0 Å². The van der Waals surface area contributed by atoms with Crippen molar-refractivity contribution < 1.29 is 15.3 Å². The van der Waals surface area contributed by atoms with Crippen LogP contribution in [-0.4, -0.2) is 26.7 Å². The highest BCUT2D eigenvalue weighted by Crippen LogP contribution is 2.12. The van der Waals surface area contributed by atoms with Crippen LogP contribution >= 0.6 is 11.6 Å². The van der Waals surface area contributed by atoms with Crippen molar-refractivity contribution >= 4 is 11.6 Å². The third kappa shape index (κ3) is 2.47. The number of hydrogen-bond donors (Lipinski definition) is 3. The van der Waals surface area contributed by atoms with Gasteiger partial charge >= 0.3 is 0 Å². The Balaban J connectivity index is 3.62. The molecule has 0 saturated heterocycles. The molecule has 0 fully saturated rings. The van der Waals surface area contributed by atoms with E-state index in [4.69, 9.17) is 26.9 Å². The number of alkyl halides is 1. The first-order chi connectivity index (χ1) is 3.48. The number of rotatable bonds is 2. The smallest absolute Gasteiger partial charge is 0.292 e. The molecule has 0 rings (SSSR count). The summed E-state index contributed by atoms with van der Waals surface area (Å²) >= 11 is 5.19. The lowest BCUT2D eigenvalue weighted by molar-refractivity contribution is -0.311. The molecule has 3 N–H and O–H groups in total. The zero-order valence-corrected chi connectivity index (χ0v) is 5.26. The maximum Gasteiger partial charge on any atom is 0.292 e. The summed E-state index contributed by atoms with van der Waals surface area (Å²) in [6, 6.07) is 0. The molecule has 1 unspecified atom stereocenters. The van der Waals surface area contributed by atoms with E-state index in [0.29, 0.717) is 6.42 Å². The highest BCUT2D eigenvalue weighted by molar-refractivity contribution is 6.21. The normalized spacial score (nSPS) is 16.1. The minimum absolute atomic E-state index is 0.311. The van der Waals surface area contributed by atoms with Gasteiger partial charge in [0.1, 0.15) is 5.38 Å². The topological polar surface area (TPSA) is 60.7 Å². The van der Waals surface area contributed by atoms with E-state index in [2.05, 4.69) is 0 Å². The zero-order chi connectivity index (χ0) is 6.78. The van der Waals surface area contributed by atoms with E-state index >= 15 is 0 Å². The van der Waals surface area contributed by atoms with Gasteiger partial charge in [-0.1, -0.05) is 6.92 Å². The SMILES string of the molecule is CCC(Cl)C(O)(O)O. The maximum atomic E-state index is 8.27. The molecule has 8 heavy (non-hydrogen) atoms. The summed E-state index contributed by atoms with van der Waals surface area (Å²) in [5, 5.41) is 23.8. The molecule has 0 aliphatic carbocycles. The molecular formula is C4H9ClO3. The van der Waals surface area contributed by atoms with Crippen molar-refractivity contribution in [3.63, 3.8) is 0 Å². The van der Waals surface area contributed by atoms with Crippen LogP contribution in [0.25, 0.3) is 0 Å². The Kier molecular flexibility index (Phi) is 2.70. The second-order valence-electron chi connectivity index (χ2n) is 1.56. The summed E-state index contributed by atoms with van der Waals surface area (Å²) in [6.07, 6.45) is 0.311. The van der Waals surface area contributed by atoms with Crippen LogP contribution in [0.3, 0.4) is 0 Å². The fourth-order valence-corrected chi connectivity index (χ4v) is 0.274. The van der Waals surface area contributed by atoms with Crippen LogP contribution < -0.4 is 0 Å². The molecule has 0 aromatic carbocycles. The van der Waals surface area contributed by atoms with Crippen LogP contribution in [0.4, 0.5) is 0 Å². The summed E-state index contributed by atoms with van der Waals surface area (Å²) in [5.74, 6) is -2.73. The first kappa shape index (κ1) is 8.17. The van der Waals surface area contributed by atoms with Crippen molar-refractivity contribution in [2.45, 2.75) is 24.7 Å². The Labute approximate surface area is 52.5 Å². The van der Waals surface area contributed by atoms with Crippen molar-refractivity contribution in [1.82, 2.24) is 0 Å². The Hall–Kier alpha value is 0.170. The number of aliphatic hydroxyl groups is 3. The maximum absolute atomic E-state index is 8.27.